The van der Waals surface area contributed by atoms with Crippen LogP contribution < -0.4 is 4.57 Å². The van der Waals surface area contributed by atoms with E-state index in [1.807, 2.05) is 0 Å². The van der Waals surface area contributed by atoms with Gasteiger partial charge in [0.2, 0.25) is 0 Å². The fourth-order valence-electron chi connectivity index (χ4n) is 2.59. The average molecular weight is 262 g/mol. The Kier molecular flexibility index (Phi) is 8.53. The molecule has 1 nitrogen and oxygen atoms in total. The van der Waals surface area contributed by atoms with Crippen LogP contribution in [0.4, 0.5) is 0 Å². The largest absolute Gasteiger partial charge is 0.202 e. The molecule has 0 spiro atoms. The molecule has 0 aliphatic heterocycles. The van der Waals surface area contributed by atoms with Gasteiger partial charge in [-0.2, -0.15) is 0 Å². The van der Waals surface area contributed by atoms with Gasteiger partial charge in [-0.05, 0) is 19.4 Å². The highest BCUT2D eigenvalue weighted by molar-refractivity contribution is 5.11. The van der Waals surface area contributed by atoms with Crippen molar-refractivity contribution in [1.29, 1.82) is 0 Å². The number of aryl methyl sites for hydroxylation is 2. The maximum Gasteiger partial charge on any atom is 0.181 e. The van der Waals surface area contributed by atoms with E-state index in [2.05, 4.69) is 43.7 Å². The van der Waals surface area contributed by atoms with Crippen LogP contribution in [-0.4, -0.2) is 0 Å². The summed E-state index contributed by atoms with van der Waals surface area (Å²) in [6.07, 6.45) is 14.9. The second-order valence-electron chi connectivity index (χ2n) is 5.80. The predicted molar refractivity (Wildman–Crippen MR) is 83.3 cm³/mol. The third-order valence-electron chi connectivity index (χ3n) is 4.12. The van der Waals surface area contributed by atoms with Gasteiger partial charge in [0.05, 0.1) is 0 Å². The van der Waals surface area contributed by atoms with Crippen molar-refractivity contribution in [1.82, 2.24) is 0 Å². The lowest BCUT2D eigenvalue weighted by molar-refractivity contribution is -0.703. The minimum atomic E-state index is 1.18. The molecule has 1 aromatic rings. The Morgan fingerprint density at radius 3 is 2.05 bits per heavy atom. The van der Waals surface area contributed by atoms with Gasteiger partial charge in [-0.3, -0.25) is 0 Å². The smallest absolute Gasteiger partial charge is 0.181 e. The molecule has 0 saturated carbocycles. The van der Waals surface area contributed by atoms with Crippen LogP contribution in [0.25, 0.3) is 0 Å². The fraction of sp³-hybridized carbons (Fsp3) is 0.722. The summed E-state index contributed by atoms with van der Waals surface area (Å²) in [4.78, 5) is 0. The van der Waals surface area contributed by atoms with Gasteiger partial charge in [-0.25, -0.2) is 4.57 Å². The summed E-state index contributed by atoms with van der Waals surface area (Å²) in [5, 5.41) is 0. The van der Waals surface area contributed by atoms with Crippen LogP contribution in [0, 0.1) is 13.8 Å². The molecule has 0 N–H and O–H groups in total. The Labute approximate surface area is 120 Å². The van der Waals surface area contributed by atoms with Gasteiger partial charge in [0.1, 0.15) is 6.54 Å². The molecule has 0 aliphatic rings. The molecule has 1 rings (SSSR count). The van der Waals surface area contributed by atoms with E-state index < -0.39 is 0 Å². The molecule has 0 amide bonds. The van der Waals surface area contributed by atoms with E-state index in [9.17, 15) is 0 Å². The Balaban J connectivity index is 2.03. The van der Waals surface area contributed by atoms with E-state index in [1.165, 1.54) is 75.6 Å². The van der Waals surface area contributed by atoms with Crippen LogP contribution in [0.15, 0.2) is 18.3 Å². The normalized spacial score (nSPS) is 10.9. The van der Waals surface area contributed by atoms with E-state index in [0.717, 1.165) is 0 Å². The van der Waals surface area contributed by atoms with Crippen LogP contribution in [0.5, 0.6) is 0 Å². The van der Waals surface area contributed by atoms with E-state index in [4.69, 9.17) is 0 Å². The molecule has 108 valence electrons. The zero-order valence-corrected chi connectivity index (χ0v) is 13.3. The standard InChI is InChI=1S/C18H32N/c1-4-5-6-7-8-9-10-11-12-15-19-16-13-14-17(2)18(19)3/h13-14,16H,4-12,15H2,1-3H3/q+1. The fourth-order valence-corrected chi connectivity index (χ4v) is 2.59. The van der Waals surface area contributed by atoms with Crippen molar-refractivity contribution < 1.29 is 4.57 Å². The Morgan fingerprint density at radius 1 is 0.842 bits per heavy atom. The van der Waals surface area contributed by atoms with Gasteiger partial charge in [-0.15, -0.1) is 0 Å². The number of aromatic nitrogens is 1. The molecule has 0 bridgehead atoms. The van der Waals surface area contributed by atoms with E-state index >= 15 is 0 Å². The first-order valence-electron chi connectivity index (χ1n) is 8.21. The molecule has 0 saturated heterocycles. The molecule has 0 aromatic carbocycles. The van der Waals surface area contributed by atoms with Crippen molar-refractivity contribution in [2.45, 2.75) is 85.1 Å². The summed E-state index contributed by atoms with van der Waals surface area (Å²) >= 11 is 0. The molecule has 0 atom stereocenters. The molecule has 0 radical (unpaired) electrons. The molecule has 1 heterocycles. The molecular formula is C18H32N+. The Hall–Kier alpha value is -0.850. The number of pyridine rings is 1. The van der Waals surface area contributed by atoms with E-state index in [0.29, 0.717) is 0 Å². The highest BCUT2D eigenvalue weighted by Crippen LogP contribution is 2.09. The van der Waals surface area contributed by atoms with E-state index in [1.54, 1.807) is 0 Å². The second kappa shape index (κ2) is 10.00. The Morgan fingerprint density at radius 2 is 1.42 bits per heavy atom. The second-order valence-corrected chi connectivity index (χ2v) is 5.80. The Bertz CT molecular complexity index is 344. The molecule has 0 unspecified atom stereocenters. The van der Waals surface area contributed by atoms with Crippen molar-refractivity contribution in [3.63, 3.8) is 0 Å². The summed E-state index contributed by atoms with van der Waals surface area (Å²) in [6, 6.07) is 4.36. The summed E-state index contributed by atoms with van der Waals surface area (Å²) in [6.45, 7) is 7.89. The van der Waals surface area contributed by atoms with Crippen LogP contribution in [0.1, 0.15) is 76.0 Å². The minimum absolute atomic E-state index is 1.18. The number of unbranched alkanes of at least 4 members (excludes halogenated alkanes) is 8. The van der Waals surface area contributed by atoms with Crippen LogP contribution in [0.3, 0.4) is 0 Å². The maximum absolute atomic E-state index is 2.40. The molecule has 1 aromatic heterocycles. The van der Waals surface area contributed by atoms with E-state index in [-0.39, 0.29) is 0 Å². The van der Waals surface area contributed by atoms with Gasteiger partial charge in [0, 0.05) is 25.0 Å². The number of hydrogen-bond acceptors (Lipinski definition) is 0. The highest BCUT2D eigenvalue weighted by atomic mass is 14.9. The van der Waals surface area contributed by atoms with Crippen molar-refractivity contribution in [3.8, 4) is 0 Å². The SMILES string of the molecule is CCCCCCCCCCC[n+]1cccc(C)c1C. The lowest BCUT2D eigenvalue weighted by Gasteiger charge is -2.03. The van der Waals surface area contributed by atoms with Crippen molar-refractivity contribution in [3.05, 3.63) is 29.6 Å². The van der Waals surface area contributed by atoms with Gasteiger partial charge < -0.3 is 0 Å². The number of nitrogens with zero attached hydrogens (tertiary/aromatic N) is 1. The number of hydrogen-bond donors (Lipinski definition) is 0. The topological polar surface area (TPSA) is 3.88 Å². The zero-order chi connectivity index (χ0) is 13.9. The molecular weight excluding hydrogens is 230 g/mol. The highest BCUT2D eigenvalue weighted by Gasteiger charge is 2.06. The summed E-state index contributed by atoms with van der Waals surface area (Å²) in [7, 11) is 0. The first-order chi connectivity index (χ1) is 9.25. The lowest BCUT2D eigenvalue weighted by atomic mass is 10.1. The summed E-state index contributed by atoms with van der Waals surface area (Å²) in [5.41, 5.74) is 2.82. The molecule has 1 heteroatoms. The van der Waals surface area contributed by atoms with Crippen LogP contribution in [0.2, 0.25) is 0 Å². The third kappa shape index (κ3) is 6.75. The predicted octanol–water partition coefficient (Wildman–Crippen LogP) is 5.12. The molecule has 19 heavy (non-hydrogen) atoms. The molecule has 0 aliphatic carbocycles. The monoisotopic (exact) mass is 262 g/mol. The van der Waals surface area contributed by atoms with Gasteiger partial charge in [0.15, 0.2) is 11.9 Å². The maximum atomic E-state index is 2.40. The summed E-state index contributed by atoms with van der Waals surface area (Å²) in [5.74, 6) is 0. The van der Waals surface area contributed by atoms with Gasteiger partial charge >= 0.3 is 0 Å². The number of rotatable bonds is 10. The van der Waals surface area contributed by atoms with Crippen LogP contribution >= 0.6 is 0 Å². The van der Waals surface area contributed by atoms with Crippen LogP contribution in [-0.2, 0) is 6.54 Å². The van der Waals surface area contributed by atoms with Gasteiger partial charge in [0.25, 0.3) is 0 Å². The van der Waals surface area contributed by atoms with Crippen molar-refractivity contribution >= 4 is 0 Å². The first-order valence-corrected chi connectivity index (χ1v) is 8.21. The minimum Gasteiger partial charge on any atom is -0.202 e. The first kappa shape index (κ1) is 16.2. The van der Waals surface area contributed by atoms with Gasteiger partial charge in [-0.1, -0.05) is 51.9 Å². The summed E-state index contributed by atoms with van der Waals surface area (Å²) < 4.78 is 2.40. The van der Waals surface area contributed by atoms with Crippen molar-refractivity contribution in [2.24, 2.45) is 0 Å². The quantitative estimate of drug-likeness (QED) is 0.407. The zero-order valence-electron chi connectivity index (χ0n) is 13.3. The third-order valence-corrected chi connectivity index (χ3v) is 4.12. The van der Waals surface area contributed by atoms with Crippen molar-refractivity contribution in [2.75, 3.05) is 0 Å². The lowest BCUT2D eigenvalue weighted by Crippen LogP contribution is -2.37. The molecule has 0 fully saturated rings. The average Bonchev–Trinajstić information content (AvgIpc) is 2.41.